The molecule has 0 spiro atoms. The molecular weight excluding hydrogens is 370 g/mol. The summed E-state index contributed by atoms with van der Waals surface area (Å²) in [6, 6.07) is 13.5. The summed E-state index contributed by atoms with van der Waals surface area (Å²) in [5, 5.41) is 3.91. The van der Waals surface area contributed by atoms with Crippen molar-refractivity contribution in [2.45, 2.75) is 6.92 Å². The van der Waals surface area contributed by atoms with E-state index in [1.165, 1.54) is 18.5 Å². The predicted octanol–water partition coefficient (Wildman–Crippen LogP) is 3.30. The van der Waals surface area contributed by atoms with Crippen LogP contribution in [0.5, 0.6) is 5.75 Å². The van der Waals surface area contributed by atoms with Gasteiger partial charge in [-0.25, -0.2) is 9.69 Å². The maximum absolute atomic E-state index is 13.0. The van der Waals surface area contributed by atoms with Crippen LogP contribution >= 0.6 is 0 Å². The van der Waals surface area contributed by atoms with E-state index in [0.29, 0.717) is 12.2 Å². The van der Waals surface area contributed by atoms with Crippen LogP contribution in [-0.2, 0) is 9.59 Å². The molecule has 1 aliphatic heterocycles. The molecule has 0 atom stereocenters. The van der Waals surface area contributed by atoms with Gasteiger partial charge in [-0.2, -0.15) is 0 Å². The van der Waals surface area contributed by atoms with Crippen molar-refractivity contribution in [3.8, 4) is 5.75 Å². The van der Waals surface area contributed by atoms with Crippen LogP contribution in [0, 0.1) is 0 Å². The Hall–Kier alpha value is -4.00. The maximum Gasteiger partial charge on any atom is 0.336 e. The number of fused-ring (bicyclic) bond motifs is 1. The number of barbiturate groups is 1. The lowest BCUT2D eigenvalue weighted by Crippen LogP contribution is -2.54. The van der Waals surface area contributed by atoms with Gasteiger partial charge in [-0.1, -0.05) is 30.3 Å². The molecule has 1 saturated heterocycles. The van der Waals surface area contributed by atoms with Crippen molar-refractivity contribution < 1.29 is 19.1 Å². The van der Waals surface area contributed by atoms with Crippen molar-refractivity contribution in [1.82, 2.24) is 10.3 Å². The van der Waals surface area contributed by atoms with Crippen molar-refractivity contribution >= 4 is 40.4 Å². The number of carbonyl (C=O) groups excluding carboxylic acids is 3. The van der Waals surface area contributed by atoms with Crippen LogP contribution in [0.25, 0.3) is 16.8 Å². The number of imide groups is 2. The minimum atomic E-state index is -0.804. The van der Waals surface area contributed by atoms with E-state index in [2.05, 4.69) is 10.3 Å². The van der Waals surface area contributed by atoms with Crippen LogP contribution in [0.1, 0.15) is 12.5 Å². The van der Waals surface area contributed by atoms with E-state index in [9.17, 15) is 14.4 Å². The fourth-order valence-corrected chi connectivity index (χ4v) is 3.24. The average Bonchev–Trinajstić information content (AvgIpc) is 2.73. The number of pyridine rings is 1. The summed E-state index contributed by atoms with van der Waals surface area (Å²) in [6.45, 7) is 2.42. The van der Waals surface area contributed by atoms with Gasteiger partial charge in [0.15, 0.2) is 0 Å². The number of amides is 4. The molecule has 1 aromatic heterocycles. The van der Waals surface area contributed by atoms with Gasteiger partial charge in [0.05, 0.1) is 18.5 Å². The maximum atomic E-state index is 13.0. The van der Waals surface area contributed by atoms with Crippen LogP contribution in [0.3, 0.4) is 0 Å². The molecule has 1 fully saturated rings. The molecule has 0 aliphatic carbocycles. The number of urea groups is 1. The van der Waals surface area contributed by atoms with Crippen molar-refractivity contribution in [2.75, 3.05) is 11.5 Å². The third-order valence-corrected chi connectivity index (χ3v) is 4.52. The first-order valence-electron chi connectivity index (χ1n) is 9.06. The second-order valence-electron chi connectivity index (χ2n) is 6.30. The standard InChI is InChI=1S/C22H17N3O4/c1-2-29-19-10-9-14(16-7-3-4-8-17(16)19)12-18-20(26)24-22(28)25(21(18)27)15-6-5-11-23-13-15/h3-13H,2H2,1H3,(H,24,26,28)/b18-12+. The van der Waals surface area contributed by atoms with E-state index >= 15 is 0 Å². The van der Waals surface area contributed by atoms with E-state index in [0.717, 1.165) is 21.4 Å². The highest BCUT2D eigenvalue weighted by molar-refractivity contribution is 6.39. The molecule has 2 aromatic carbocycles. The summed E-state index contributed by atoms with van der Waals surface area (Å²) in [5.41, 5.74) is 0.816. The van der Waals surface area contributed by atoms with E-state index in [1.807, 2.05) is 31.2 Å². The monoisotopic (exact) mass is 387 g/mol. The second-order valence-corrected chi connectivity index (χ2v) is 6.30. The molecule has 29 heavy (non-hydrogen) atoms. The molecule has 1 aliphatic rings. The van der Waals surface area contributed by atoms with Crippen LogP contribution < -0.4 is 15.0 Å². The molecule has 144 valence electrons. The highest BCUT2D eigenvalue weighted by Gasteiger charge is 2.37. The van der Waals surface area contributed by atoms with Crippen LogP contribution in [0.2, 0.25) is 0 Å². The lowest BCUT2D eigenvalue weighted by atomic mass is 10.00. The molecule has 1 N–H and O–H groups in total. The second kappa shape index (κ2) is 7.55. The number of hydrogen-bond donors (Lipinski definition) is 1. The fraction of sp³-hybridized carbons (Fsp3) is 0.0909. The molecular formula is C22H17N3O4. The zero-order chi connectivity index (χ0) is 20.4. The topological polar surface area (TPSA) is 88.6 Å². The van der Waals surface area contributed by atoms with Gasteiger partial charge in [0, 0.05) is 11.6 Å². The average molecular weight is 387 g/mol. The van der Waals surface area contributed by atoms with Gasteiger partial charge in [-0.15, -0.1) is 0 Å². The Labute approximate surface area is 166 Å². The third kappa shape index (κ3) is 3.34. The summed E-state index contributed by atoms with van der Waals surface area (Å²) in [5.74, 6) is -0.723. The quantitative estimate of drug-likeness (QED) is 0.548. The third-order valence-electron chi connectivity index (χ3n) is 4.52. The van der Waals surface area contributed by atoms with Gasteiger partial charge in [0.1, 0.15) is 11.3 Å². The number of aromatic nitrogens is 1. The van der Waals surface area contributed by atoms with Crippen molar-refractivity contribution in [1.29, 1.82) is 0 Å². The first-order chi connectivity index (χ1) is 14.1. The zero-order valence-electron chi connectivity index (χ0n) is 15.6. The lowest BCUT2D eigenvalue weighted by molar-refractivity contribution is -0.122. The number of benzene rings is 2. The number of ether oxygens (including phenoxy) is 1. The Kier molecular flexibility index (Phi) is 4.78. The summed E-state index contributed by atoms with van der Waals surface area (Å²) in [7, 11) is 0. The molecule has 3 aromatic rings. The van der Waals surface area contributed by atoms with Gasteiger partial charge < -0.3 is 4.74 Å². The van der Waals surface area contributed by atoms with Gasteiger partial charge in [-0.05, 0) is 42.1 Å². The van der Waals surface area contributed by atoms with E-state index in [-0.39, 0.29) is 11.3 Å². The van der Waals surface area contributed by atoms with Crippen LogP contribution in [-0.4, -0.2) is 29.4 Å². The molecule has 4 rings (SSSR count). The van der Waals surface area contributed by atoms with Crippen LogP contribution in [0.15, 0.2) is 66.5 Å². The van der Waals surface area contributed by atoms with Gasteiger partial charge in [0.2, 0.25) is 0 Å². The highest BCUT2D eigenvalue weighted by Crippen LogP contribution is 2.30. The molecule has 4 amide bonds. The zero-order valence-corrected chi connectivity index (χ0v) is 15.6. The molecule has 0 unspecified atom stereocenters. The molecule has 0 radical (unpaired) electrons. The lowest BCUT2D eigenvalue weighted by Gasteiger charge is -2.26. The summed E-state index contributed by atoms with van der Waals surface area (Å²) in [6.07, 6.45) is 4.41. The Balaban J connectivity index is 1.81. The number of hydrogen-bond acceptors (Lipinski definition) is 5. The fourth-order valence-electron chi connectivity index (χ4n) is 3.24. The minimum Gasteiger partial charge on any atom is -0.493 e. The Morgan fingerprint density at radius 1 is 1.03 bits per heavy atom. The molecule has 7 heteroatoms. The van der Waals surface area contributed by atoms with Crippen molar-refractivity contribution in [2.24, 2.45) is 0 Å². The minimum absolute atomic E-state index is 0.136. The number of carbonyl (C=O) groups is 3. The summed E-state index contributed by atoms with van der Waals surface area (Å²) >= 11 is 0. The van der Waals surface area contributed by atoms with Crippen LogP contribution in [0.4, 0.5) is 10.5 Å². The molecule has 2 heterocycles. The smallest absolute Gasteiger partial charge is 0.336 e. The largest absolute Gasteiger partial charge is 0.493 e. The van der Waals surface area contributed by atoms with Crippen molar-refractivity contribution in [3.63, 3.8) is 0 Å². The van der Waals surface area contributed by atoms with E-state index < -0.39 is 17.8 Å². The van der Waals surface area contributed by atoms with E-state index in [4.69, 9.17) is 4.74 Å². The van der Waals surface area contributed by atoms with Gasteiger partial charge in [0.25, 0.3) is 11.8 Å². The number of rotatable bonds is 4. The first-order valence-corrected chi connectivity index (χ1v) is 9.06. The Morgan fingerprint density at radius 2 is 1.83 bits per heavy atom. The summed E-state index contributed by atoms with van der Waals surface area (Å²) in [4.78, 5) is 42.5. The van der Waals surface area contributed by atoms with Gasteiger partial charge >= 0.3 is 6.03 Å². The molecule has 0 saturated carbocycles. The predicted molar refractivity (Wildman–Crippen MR) is 108 cm³/mol. The Morgan fingerprint density at radius 3 is 2.55 bits per heavy atom. The van der Waals surface area contributed by atoms with E-state index in [1.54, 1.807) is 24.3 Å². The Bertz CT molecular complexity index is 1160. The molecule has 7 nitrogen and oxygen atoms in total. The summed E-state index contributed by atoms with van der Waals surface area (Å²) < 4.78 is 5.67. The first kappa shape index (κ1) is 18.4. The number of nitrogens with one attached hydrogen (secondary N) is 1. The molecule has 0 bridgehead atoms. The SMILES string of the molecule is CCOc1ccc(/C=C2\C(=O)NC(=O)N(c3cccnc3)C2=O)c2ccccc12. The van der Waals surface area contributed by atoms with Gasteiger partial charge in [-0.3, -0.25) is 19.9 Å². The number of nitrogens with zero attached hydrogens (tertiary/aromatic N) is 2. The van der Waals surface area contributed by atoms with Crippen molar-refractivity contribution in [3.05, 3.63) is 72.1 Å². The number of anilines is 1. The normalized spacial score (nSPS) is 15.7. The highest BCUT2D eigenvalue weighted by atomic mass is 16.5.